The summed E-state index contributed by atoms with van der Waals surface area (Å²) in [4.78, 5) is 14.6. The molecule has 0 aliphatic rings. The summed E-state index contributed by atoms with van der Waals surface area (Å²) in [6.07, 6.45) is -2.88. The van der Waals surface area contributed by atoms with E-state index in [0.717, 1.165) is 18.5 Å². The first kappa shape index (κ1) is 19.0. The maximum absolute atomic E-state index is 13.1. The molecule has 0 atom stereocenters. The molecule has 27 heavy (non-hydrogen) atoms. The van der Waals surface area contributed by atoms with Crippen LogP contribution in [0, 0.1) is 0 Å². The highest BCUT2D eigenvalue weighted by Gasteiger charge is 2.39. The molecule has 0 radical (unpaired) electrons. The lowest BCUT2D eigenvalue weighted by molar-refractivity contribution is -0.139. The molecule has 0 unspecified atom stereocenters. The standard InChI is InChI=1S/C15H8ClF3N2O5S/c16-9-4-1-3-8(15(17,18)19)13(9)27(23,24)21-14(22)11-12(26-7-20-11)10-5-2-6-25-10/h1-7H,(H,21,22). The average Bonchev–Trinajstić information content (AvgIpc) is 3.24. The molecule has 2 aromatic heterocycles. The van der Waals surface area contributed by atoms with Crippen LogP contribution >= 0.6 is 11.6 Å². The van der Waals surface area contributed by atoms with Crippen molar-refractivity contribution in [3.05, 3.63) is 59.3 Å². The first-order valence-corrected chi connectivity index (χ1v) is 8.87. The molecule has 0 aliphatic carbocycles. The van der Waals surface area contributed by atoms with Crippen LogP contribution in [0.2, 0.25) is 5.02 Å². The van der Waals surface area contributed by atoms with E-state index in [2.05, 4.69) is 4.98 Å². The highest BCUT2D eigenvalue weighted by molar-refractivity contribution is 7.90. The van der Waals surface area contributed by atoms with Crippen LogP contribution < -0.4 is 4.72 Å². The number of oxazole rings is 1. The molecule has 0 bridgehead atoms. The predicted molar refractivity (Wildman–Crippen MR) is 85.3 cm³/mol. The normalized spacial score (nSPS) is 12.1. The number of nitrogens with one attached hydrogen (secondary N) is 1. The zero-order valence-corrected chi connectivity index (χ0v) is 14.5. The smallest absolute Gasteiger partial charge is 0.417 e. The van der Waals surface area contributed by atoms with E-state index in [4.69, 9.17) is 20.4 Å². The number of nitrogens with zero attached hydrogens (tertiary/aromatic N) is 1. The maximum atomic E-state index is 13.1. The molecule has 3 aromatic rings. The van der Waals surface area contributed by atoms with Crippen LogP contribution in [0.25, 0.3) is 11.5 Å². The Bertz CT molecular complexity index is 1090. The van der Waals surface area contributed by atoms with Gasteiger partial charge in [-0.25, -0.2) is 18.1 Å². The second-order valence-corrected chi connectivity index (χ2v) is 7.08. The predicted octanol–water partition coefficient (Wildman–Crippen LogP) is 3.73. The molecule has 0 saturated heterocycles. The minimum absolute atomic E-state index is 0.0729. The van der Waals surface area contributed by atoms with Crippen molar-refractivity contribution in [3.8, 4) is 11.5 Å². The van der Waals surface area contributed by atoms with Gasteiger partial charge in [0.2, 0.25) is 5.76 Å². The van der Waals surface area contributed by atoms with Gasteiger partial charge < -0.3 is 8.83 Å². The van der Waals surface area contributed by atoms with Gasteiger partial charge in [0.05, 0.1) is 16.8 Å². The summed E-state index contributed by atoms with van der Waals surface area (Å²) in [5.41, 5.74) is -2.00. The Kier molecular flexibility index (Phi) is 4.74. The van der Waals surface area contributed by atoms with Gasteiger partial charge >= 0.3 is 6.18 Å². The summed E-state index contributed by atoms with van der Waals surface area (Å²) >= 11 is 5.66. The maximum Gasteiger partial charge on any atom is 0.417 e. The lowest BCUT2D eigenvalue weighted by Crippen LogP contribution is -2.32. The molecule has 1 N–H and O–H groups in total. The van der Waals surface area contributed by atoms with Gasteiger partial charge in [-0.3, -0.25) is 4.79 Å². The zero-order valence-electron chi connectivity index (χ0n) is 13.0. The SMILES string of the molecule is O=C(NS(=O)(=O)c1c(Cl)cccc1C(F)(F)F)c1ncoc1-c1ccco1. The van der Waals surface area contributed by atoms with E-state index in [0.29, 0.717) is 6.07 Å². The number of rotatable bonds is 4. The van der Waals surface area contributed by atoms with Gasteiger partial charge in [0.15, 0.2) is 17.8 Å². The number of benzene rings is 1. The van der Waals surface area contributed by atoms with Crippen molar-refractivity contribution < 1.29 is 35.2 Å². The second-order valence-electron chi connectivity index (χ2n) is 5.06. The monoisotopic (exact) mass is 420 g/mol. The van der Waals surface area contributed by atoms with Gasteiger partial charge in [0, 0.05) is 0 Å². The number of amides is 1. The van der Waals surface area contributed by atoms with E-state index in [9.17, 15) is 26.4 Å². The first-order valence-electron chi connectivity index (χ1n) is 7.01. The summed E-state index contributed by atoms with van der Waals surface area (Å²) in [7, 11) is -4.98. The Morgan fingerprint density at radius 3 is 2.52 bits per heavy atom. The summed E-state index contributed by atoms with van der Waals surface area (Å²) in [5, 5.41) is -0.698. The number of halogens is 4. The molecular formula is C15H8ClF3N2O5S. The topological polar surface area (TPSA) is 102 Å². The Morgan fingerprint density at radius 1 is 1.15 bits per heavy atom. The van der Waals surface area contributed by atoms with Crippen LogP contribution in [-0.2, 0) is 16.2 Å². The number of hydrogen-bond donors (Lipinski definition) is 1. The highest BCUT2D eigenvalue weighted by atomic mass is 35.5. The van der Waals surface area contributed by atoms with E-state index in [1.165, 1.54) is 23.1 Å². The van der Waals surface area contributed by atoms with Crippen LogP contribution in [0.15, 0.2) is 56.7 Å². The van der Waals surface area contributed by atoms with E-state index < -0.39 is 43.3 Å². The van der Waals surface area contributed by atoms with Gasteiger partial charge in [-0.1, -0.05) is 17.7 Å². The van der Waals surface area contributed by atoms with E-state index in [1.54, 1.807) is 0 Å². The summed E-state index contributed by atoms with van der Waals surface area (Å²) in [6, 6.07) is 5.34. The molecule has 0 fully saturated rings. The van der Waals surface area contributed by atoms with Crippen molar-refractivity contribution in [1.29, 1.82) is 0 Å². The Balaban J connectivity index is 2.00. The summed E-state index contributed by atoms with van der Waals surface area (Å²) < 4.78 is 75.8. The second kappa shape index (κ2) is 6.74. The number of alkyl halides is 3. The largest absolute Gasteiger partial charge is 0.461 e. The number of hydrogen-bond acceptors (Lipinski definition) is 6. The van der Waals surface area contributed by atoms with Crippen LogP contribution in [0.3, 0.4) is 0 Å². The zero-order chi connectivity index (χ0) is 19.8. The number of carbonyl (C=O) groups is 1. The Labute approximate surface area is 154 Å². The van der Waals surface area contributed by atoms with E-state index >= 15 is 0 Å². The minimum atomic E-state index is -5.01. The van der Waals surface area contributed by atoms with Gasteiger partial charge in [-0.05, 0) is 24.3 Å². The van der Waals surface area contributed by atoms with E-state index in [1.807, 2.05) is 0 Å². The molecule has 12 heteroatoms. The molecular weight excluding hydrogens is 413 g/mol. The third-order valence-corrected chi connectivity index (χ3v) is 5.15. The average molecular weight is 421 g/mol. The molecule has 0 saturated carbocycles. The Hall–Kier alpha value is -2.79. The third-order valence-electron chi connectivity index (χ3n) is 3.30. The number of aromatic nitrogens is 1. The van der Waals surface area contributed by atoms with Crippen molar-refractivity contribution in [2.75, 3.05) is 0 Å². The molecule has 7 nitrogen and oxygen atoms in total. The van der Waals surface area contributed by atoms with Gasteiger partial charge in [-0.2, -0.15) is 13.2 Å². The van der Waals surface area contributed by atoms with E-state index in [-0.39, 0.29) is 11.5 Å². The molecule has 1 aromatic carbocycles. The van der Waals surface area contributed by atoms with Gasteiger partial charge in [0.25, 0.3) is 15.9 Å². The molecule has 1 amide bonds. The summed E-state index contributed by atoms with van der Waals surface area (Å²) in [5.74, 6) is -1.44. The molecule has 3 rings (SSSR count). The fourth-order valence-corrected chi connectivity index (χ4v) is 3.94. The van der Waals surface area contributed by atoms with Crippen molar-refractivity contribution in [3.63, 3.8) is 0 Å². The highest BCUT2D eigenvalue weighted by Crippen LogP contribution is 2.37. The van der Waals surface area contributed by atoms with Crippen molar-refractivity contribution >= 4 is 27.5 Å². The molecule has 0 spiro atoms. The lowest BCUT2D eigenvalue weighted by atomic mass is 10.2. The van der Waals surface area contributed by atoms with Crippen LogP contribution in [0.5, 0.6) is 0 Å². The first-order chi connectivity index (χ1) is 12.6. The quantitative estimate of drug-likeness (QED) is 0.690. The van der Waals surface area contributed by atoms with Gasteiger partial charge in [-0.15, -0.1) is 0 Å². The lowest BCUT2D eigenvalue weighted by Gasteiger charge is -2.14. The van der Waals surface area contributed by atoms with Gasteiger partial charge in [0.1, 0.15) is 4.90 Å². The van der Waals surface area contributed by atoms with Crippen molar-refractivity contribution in [1.82, 2.24) is 9.71 Å². The Morgan fingerprint density at radius 2 is 1.89 bits per heavy atom. The fourth-order valence-electron chi connectivity index (χ4n) is 2.22. The number of sulfonamides is 1. The minimum Gasteiger partial charge on any atom is -0.461 e. The molecule has 2 heterocycles. The molecule has 142 valence electrons. The van der Waals surface area contributed by atoms with Crippen molar-refractivity contribution in [2.24, 2.45) is 0 Å². The van der Waals surface area contributed by atoms with Crippen molar-refractivity contribution in [2.45, 2.75) is 11.1 Å². The van der Waals surface area contributed by atoms with Crippen LogP contribution in [0.1, 0.15) is 16.1 Å². The summed E-state index contributed by atoms with van der Waals surface area (Å²) in [6.45, 7) is 0. The molecule has 0 aliphatic heterocycles. The van der Waals surface area contributed by atoms with Crippen LogP contribution in [-0.4, -0.2) is 19.3 Å². The number of furan rings is 1. The number of carbonyl (C=O) groups excluding carboxylic acids is 1. The van der Waals surface area contributed by atoms with Crippen LogP contribution in [0.4, 0.5) is 13.2 Å². The fraction of sp³-hybridized carbons (Fsp3) is 0.0667. The third kappa shape index (κ3) is 3.69.